The molecule has 1 aromatic heterocycles. The highest BCUT2D eigenvalue weighted by atomic mass is 79.9. The van der Waals surface area contributed by atoms with Crippen LogP contribution in [-0.4, -0.2) is 38.1 Å². The summed E-state index contributed by atoms with van der Waals surface area (Å²) in [5, 5.41) is 6.04. The number of carbonyl (C=O) groups excluding carboxylic acids is 1. The van der Waals surface area contributed by atoms with E-state index in [1.807, 2.05) is 19.1 Å². The van der Waals surface area contributed by atoms with Crippen LogP contribution in [0.2, 0.25) is 0 Å². The van der Waals surface area contributed by atoms with Crippen LogP contribution in [0.15, 0.2) is 21.2 Å². The molecule has 1 atom stereocenters. The van der Waals surface area contributed by atoms with E-state index in [4.69, 9.17) is 4.42 Å². The summed E-state index contributed by atoms with van der Waals surface area (Å²) in [6.07, 6.45) is 0. The molecule has 0 saturated carbocycles. The largest absolute Gasteiger partial charge is 0.453 e. The normalized spacial score (nSPS) is 12.2. The van der Waals surface area contributed by atoms with Crippen molar-refractivity contribution in [3.8, 4) is 0 Å². The fourth-order valence-corrected chi connectivity index (χ4v) is 1.60. The standard InChI is InChI=1S/C11H18BrN3O2/c1-8(9-4-5-10(12)17-9)13-6-7-14-11(16)15(2)3/h4-5,8,13H,6-7H2,1-3H3,(H,14,16). The topological polar surface area (TPSA) is 57.5 Å². The SMILES string of the molecule is CC(NCCNC(=O)N(C)C)c1ccc(Br)o1. The van der Waals surface area contributed by atoms with Gasteiger partial charge in [-0.1, -0.05) is 0 Å². The molecule has 0 aliphatic heterocycles. The van der Waals surface area contributed by atoms with Crippen LogP contribution in [0.1, 0.15) is 18.7 Å². The lowest BCUT2D eigenvalue weighted by atomic mass is 10.2. The number of hydrogen-bond donors (Lipinski definition) is 2. The highest BCUT2D eigenvalue weighted by Gasteiger charge is 2.09. The van der Waals surface area contributed by atoms with Crippen LogP contribution in [0.4, 0.5) is 4.79 Å². The Balaban J connectivity index is 2.21. The lowest BCUT2D eigenvalue weighted by Gasteiger charge is -2.14. The molecule has 0 aliphatic rings. The molecule has 0 aromatic carbocycles. The van der Waals surface area contributed by atoms with E-state index < -0.39 is 0 Å². The molecule has 17 heavy (non-hydrogen) atoms. The number of nitrogens with one attached hydrogen (secondary N) is 2. The molecule has 0 bridgehead atoms. The summed E-state index contributed by atoms with van der Waals surface area (Å²) < 4.78 is 6.14. The Morgan fingerprint density at radius 2 is 2.18 bits per heavy atom. The van der Waals surface area contributed by atoms with E-state index in [0.29, 0.717) is 13.1 Å². The van der Waals surface area contributed by atoms with E-state index in [0.717, 1.165) is 10.4 Å². The zero-order chi connectivity index (χ0) is 12.8. The van der Waals surface area contributed by atoms with Crippen molar-refractivity contribution in [1.29, 1.82) is 0 Å². The van der Waals surface area contributed by atoms with Crippen molar-refractivity contribution in [3.05, 3.63) is 22.6 Å². The third kappa shape index (κ3) is 4.79. The Bertz CT molecular complexity index is 365. The molecular weight excluding hydrogens is 286 g/mol. The Kier molecular flexibility index (Phi) is 5.50. The molecule has 0 saturated heterocycles. The first-order valence-corrected chi connectivity index (χ1v) is 6.23. The van der Waals surface area contributed by atoms with Crippen LogP contribution in [0.3, 0.4) is 0 Å². The maximum atomic E-state index is 11.2. The summed E-state index contributed by atoms with van der Waals surface area (Å²) in [7, 11) is 3.43. The minimum absolute atomic E-state index is 0.0832. The molecule has 0 radical (unpaired) electrons. The number of carbonyl (C=O) groups is 1. The van der Waals surface area contributed by atoms with Gasteiger partial charge in [0.1, 0.15) is 5.76 Å². The van der Waals surface area contributed by atoms with Gasteiger partial charge in [0.05, 0.1) is 6.04 Å². The molecule has 0 fully saturated rings. The van der Waals surface area contributed by atoms with Gasteiger partial charge >= 0.3 is 6.03 Å². The number of furan rings is 1. The molecule has 1 rings (SSSR count). The fraction of sp³-hybridized carbons (Fsp3) is 0.545. The lowest BCUT2D eigenvalue weighted by molar-refractivity contribution is 0.217. The quantitative estimate of drug-likeness (QED) is 0.818. The molecule has 6 heteroatoms. The van der Waals surface area contributed by atoms with Gasteiger partial charge in [0.15, 0.2) is 4.67 Å². The van der Waals surface area contributed by atoms with Crippen LogP contribution in [0, 0.1) is 0 Å². The highest BCUT2D eigenvalue weighted by molar-refractivity contribution is 9.10. The van der Waals surface area contributed by atoms with Crippen molar-refractivity contribution < 1.29 is 9.21 Å². The summed E-state index contributed by atoms with van der Waals surface area (Å²) in [6, 6.07) is 3.82. The summed E-state index contributed by atoms with van der Waals surface area (Å²) >= 11 is 3.26. The molecule has 0 aliphatic carbocycles. The number of halogens is 1. The Labute approximate surface area is 110 Å². The molecule has 96 valence electrons. The van der Waals surface area contributed by atoms with Gasteiger partial charge in [0, 0.05) is 27.2 Å². The van der Waals surface area contributed by atoms with Crippen molar-refractivity contribution in [1.82, 2.24) is 15.5 Å². The van der Waals surface area contributed by atoms with Crippen molar-refractivity contribution in [2.45, 2.75) is 13.0 Å². The molecule has 2 amide bonds. The van der Waals surface area contributed by atoms with E-state index in [2.05, 4.69) is 26.6 Å². The number of amides is 2. The second-order valence-corrected chi connectivity index (χ2v) is 4.73. The van der Waals surface area contributed by atoms with E-state index >= 15 is 0 Å². The van der Waals surface area contributed by atoms with Gasteiger partial charge in [0.25, 0.3) is 0 Å². The average molecular weight is 304 g/mol. The lowest BCUT2D eigenvalue weighted by Crippen LogP contribution is -2.38. The molecular formula is C11H18BrN3O2. The van der Waals surface area contributed by atoms with Crippen LogP contribution in [0.25, 0.3) is 0 Å². The van der Waals surface area contributed by atoms with Gasteiger partial charge < -0.3 is 20.0 Å². The van der Waals surface area contributed by atoms with Crippen LogP contribution < -0.4 is 10.6 Å². The van der Waals surface area contributed by atoms with Gasteiger partial charge in [0.2, 0.25) is 0 Å². The maximum Gasteiger partial charge on any atom is 0.316 e. The number of hydrogen-bond acceptors (Lipinski definition) is 3. The third-order valence-electron chi connectivity index (χ3n) is 2.28. The third-order valence-corrected chi connectivity index (χ3v) is 2.70. The Morgan fingerprint density at radius 3 is 2.71 bits per heavy atom. The Hall–Kier alpha value is -1.01. The summed E-state index contributed by atoms with van der Waals surface area (Å²) in [5.41, 5.74) is 0. The highest BCUT2D eigenvalue weighted by Crippen LogP contribution is 2.19. The van der Waals surface area contributed by atoms with Gasteiger partial charge in [-0.25, -0.2) is 4.79 Å². The predicted octanol–water partition coefficient (Wildman–Crippen LogP) is 1.96. The smallest absolute Gasteiger partial charge is 0.316 e. The van der Waals surface area contributed by atoms with Gasteiger partial charge in [-0.3, -0.25) is 0 Å². The minimum Gasteiger partial charge on any atom is -0.453 e. The van der Waals surface area contributed by atoms with Crippen LogP contribution in [-0.2, 0) is 0 Å². The van der Waals surface area contributed by atoms with Crippen molar-refractivity contribution >= 4 is 22.0 Å². The molecule has 0 spiro atoms. The first-order chi connectivity index (χ1) is 8.00. The van der Waals surface area contributed by atoms with Crippen molar-refractivity contribution in [3.63, 3.8) is 0 Å². The molecule has 1 heterocycles. The zero-order valence-electron chi connectivity index (χ0n) is 10.3. The second kappa shape index (κ2) is 6.66. The van der Waals surface area contributed by atoms with Crippen molar-refractivity contribution in [2.24, 2.45) is 0 Å². The summed E-state index contributed by atoms with van der Waals surface area (Å²) in [5.74, 6) is 0.871. The molecule has 1 unspecified atom stereocenters. The van der Waals surface area contributed by atoms with Gasteiger partial charge in [-0.2, -0.15) is 0 Å². The first kappa shape index (κ1) is 14.1. The molecule has 5 nitrogen and oxygen atoms in total. The minimum atomic E-state index is -0.0832. The van der Waals surface area contributed by atoms with E-state index in [1.54, 1.807) is 14.1 Å². The maximum absolute atomic E-state index is 11.2. The number of rotatable bonds is 5. The molecule has 2 N–H and O–H groups in total. The first-order valence-electron chi connectivity index (χ1n) is 5.44. The second-order valence-electron chi connectivity index (χ2n) is 3.94. The fourth-order valence-electron chi connectivity index (χ4n) is 1.28. The van der Waals surface area contributed by atoms with E-state index in [1.165, 1.54) is 4.90 Å². The van der Waals surface area contributed by atoms with Gasteiger partial charge in [-0.15, -0.1) is 0 Å². The number of nitrogens with zero attached hydrogens (tertiary/aromatic N) is 1. The monoisotopic (exact) mass is 303 g/mol. The van der Waals surface area contributed by atoms with Gasteiger partial charge in [-0.05, 0) is 35.0 Å². The number of urea groups is 1. The predicted molar refractivity (Wildman–Crippen MR) is 69.9 cm³/mol. The van der Waals surface area contributed by atoms with Crippen molar-refractivity contribution in [2.75, 3.05) is 27.2 Å². The van der Waals surface area contributed by atoms with Crippen LogP contribution >= 0.6 is 15.9 Å². The zero-order valence-corrected chi connectivity index (χ0v) is 11.9. The van der Waals surface area contributed by atoms with E-state index in [-0.39, 0.29) is 12.1 Å². The summed E-state index contributed by atoms with van der Waals surface area (Å²) in [6.45, 7) is 3.29. The van der Waals surface area contributed by atoms with Crippen LogP contribution in [0.5, 0.6) is 0 Å². The Morgan fingerprint density at radius 1 is 1.47 bits per heavy atom. The summed E-state index contributed by atoms with van der Waals surface area (Å²) in [4.78, 5) is 12.7. The van der Waals surface area contributed by atoms with E-state index in [9.17, 15) is 4.79 Å². The average Bonchev–Trinajstić information content (AvgIpc) is 2.70. The molecule has 1 aromatic rings.